The highest BCUT2D eigenvalue weighted by Gasteiger charge is 2.31. The molecule has 2 aromatic heterocycles. The zero-order valence-corrected chi connectivity index (χ0v) is 20.2. The van der Waals surface area contributed by atoms with E-state index in [9.17, 15) is 21.6 Å². The number of hydrogen-bond acceptors (Lipinski definition) is 6. The molecule has 36 heavy (non-hydrogen) atoms. The lowest BCUT2D eigenvalue weighted by Crippen LogP contribution is -2.07. The summed E-state index contributed by atoms with van der Waals surface area (Å²) in [5.74, 6) is 0.0967. The zero-order valence-electron chi connectivity index (χ0n) is 18.6. The monoisotopic (exact) mass is 531 g/mol. The van der Waals surface area contributed by atoms with Gasteiger partial charge < -0.3 is 5.32 Å². The van der Waals surface area contributed by atoms with Crippen LogP contribution in [0.5, 0.6) is 0 Å². The number of rotatable bonds is 5. The molecule has 0 atom stereocenters. The van der Waals surface area contributed by atoms with Crippen LogP contribution in [0, 0.1) is 0 Å². The minimum atomic E-state index is -4.54. The maximum Gasteiger partial charge on any atom is 0.416 e. The highest BCUT2D eigenvalue weighted by Crippen LogP contribution is 2.34. The number of aromatic nitrogens is 4. The highest BCUT2D eigenvalue weighted by molar-refractivity contribution is 7.91. The summed E-state index contributed by atoms with van der Waals surface area (Å²) >= 11 is 6.17. The molecule has 0 saturated heterocycles. The van der Waals surface area contributed by atoms with Crippen LogP contribution in [0.1, 0.15) is 18.1 Å². The van der Waals surface area contributed by atoms with Crippen molar-refractivity contribution in [3.63, 3.8) is 0 Å². The molecule has 1 N–H and O–H groups in total. The summed E-state index contributed by atoms with van der Waals surface area (Å²) in [5, 5.41) is 11.2. The van der Waals surface area contributed by atoms with E-state index in [1.54, 1.807) is 30.3 Å². The van der Waals surface area contributed by atoms with Crippen LogP contribution in [0.15, 0.2) is 76.7 Å². The van der Waals surface area contributed by atoms with Gasteiger partial charge in [-0.15, -0.1) is 5.10 Å². The van der Waals surface area contributed by atoms with Crippen LogP contribution in [0.3, 0.4) is 0 Å². The number of halogens is 4. The molecular formula is C24H17ClF3N5O2S. The first-order valence-corrected chi connectivity index (χ1v) is 12.6. The molecule has 5 aromatic rings. The lowest BCUT2D eigenvalue weighted by atomic mass is 10.2. The Balaban J connectivity index is 1.70. The van der Waals surface area contributed by atoms with Gasteiger partial charge in [-0.1, -0.05) is 41.9 Å². The normalized spacial score (nSPS) is 12.4. The summed E-state index contributed by atoms with van der Waals surface area (Å²) in [6.45, 7) is 1.95. The number of aryl methyl sites for hydroxylation is 1. The predicted molar refractivity (Wildman–Crippen MR) is 129 cm³/mol. The second-order valence-corrected chi connectivity index (χ2v) is 10.3. The molecule has 0 radical (unpaired) electrons. The van der Waals surface area contributed by atoms with E-state index in [1.807, 2.05) is 6.92 Å². The van der Waals surface area contributed by atoms with Crippen molar-refractivity contribution >= 4 is 49.5 Å². The fourth-order valence-electron chi connectivity index (χ4n) is 3.76. The Morgan fingerprint density at radius 3 is 2.47 bits per heavy atom. The SMILES string of the molecule is CCc1ccc(S(=O)(=O)c2nnn3c2nc(Nc2cccc(C(F)(F)F)c2)c2cc(Cl)ccc23)cc1. The van der Waals surface area contributed by atoms with Crippen molar-refractivity contribution in [1.29, 1.82) is 0 Å². The van der Waals surface area contributed by atoms with E-state index in [-0.39, 0.29) is 27.1 Å². The Morgan fingerprint density at radius 1 is 1.03 bits per heavy atom. The smallest absolute Gasteiger partial charge is 0.340 e. The van der Waals surface area contributed by atoms with Crippen molar-refractivity contribution in [2.45, 2.75) is 29.4 Å². The molecule has 0 aliphatic carbocycles. The summed E-state index contributed by atoms with van der Waals surface area (Å²) in [4.78, 5) is 4.45. The molecule has 7 nitrogen and oxygen atoms in total. The minimum Gasteiger partial charge on any atom is -0.340 e. The highest BCUT2D eigenvalue weighted by atomic mass is 35.5. The first-order chi connectivity index (χ1) is 17.1. The maximum absolute atomic E-state index is 13.4. The molecule has 0 bridgehead atoms. The van der Waals surface area contributed by atoms with Gasteiger partial charge in [-0.2, -0.15) is 17.7 Å². The Kier molecular flexibility index (Phi) is 5.84. The molecule has 2 heterocycles. The number of sulfone groups is 1. The van der Waals surface area contributed by atoms with E-state index in [4.69, 9.17) is 11.6 Å². The van der Waals surface area contributed by atoms with E-state index in [0.29, 0.717) is 15.9 Å². The lowest BCUT2D eigenvalue weighted by Gasteiger charge is -2.13. The van der Waals surface area contributed by atoms with Gasteiger partial charge in [0, 0.05) is 16.1 Å². The van der Waals surface area contributed by atoms with Crippen LogP contribution in [0.25, 0.3) is 16.6 Å². The molecule has 0 spiro atoms. The van der Waals surface area contributed by atoms with Gasteiger partial charge in [0.15, 0.2) is 5.65 Å². The summed E-state index contributed by atoms with van der Waals surface area (Å²) < 4.78 is 67.7. The summed E-state index contributed by atoms with van der Waals surface area (Å²) in [6.07, 6.45) is -3.79. The van der Waals surface area contributed by atoms with Crippen molar-refractivity contribution in [2.75, 3.05) is 5.32 Å². The molecule has 0 fully saturated rings. The van der Waals surface area contributed by atoms with Crippen LogP contribution in [0.2, 0.25) is 5.02 Å². The summed E-state index contributed by atoms with van der Waals surface area (Å²) in [7, 11) is -4.10. The minimum absolute atomic E-state index is 0.0208. The van der Waals surface area contributed by atoms with E-state index in [0.717, 1.165) is 24.1 Å². The number of benzene rings is 3. The molecule has 5 rings (SSSR count). The number of nitrogens with one attached hydrogen (secondary N) is 1. The Hall–Kier alpha value is -3.70. The number of fused-ring (bicyclic) bond motifs is 3. The van der Waals surface area contributed by atoms with Crippen LogP contribution in [-0.4, -0.2) is 28.2 Å². The van der Waals surface area contributed by atoms with E-state index in [1.165, 1.54) is 28.8 Å². The van der Waals surface area contributed by atoms with Gasteiger partial charge in [-0.25, -0.2) is 13.4 Å². The fourth-order valence-corrected chi connectivity index (χ4v) is 5.17. The van der Waals surface area contributed by atoms with Gasteiger partial charge in [-0.05, 0) is 60.5 Å². The number of alkyl halides is 3. The first kappa shape index (κ1) is 24.0. The quantitative estimate of drug-likeness (QED) is 0.295. The lowest BCUT2D eigenvalue weighted by molar-refractivity contribution is -0.137. The fraction of sp³-hybridized carbons (Fsp3) is 0.125. The third-order valence-corrected chi connectivity index (χ3v) is 7.53. The molecule has 184 valence electrons. The van der Waals surface area contributed by atoms with E-state index < -0.39 is 21.6 Å². The average molecular weight is 532 g/mol. The molecule has 0 aliphatic rings. The number of anilines is 2. The van der Waals surface area contributed by atoms with Crippen LogP contribution in [0.4, 0.5) is 24.7 Å². The third-order valence-electron chi connectivity index (χ3n) is 5.63. The molecule has 0 aliphatic heterocycles. The molecular weight excluding hydrogens is 515 g/mol. The maximum atomic E-state index is 13.4. The average Bonchev–Trinajstić information content (AvgIpc) is 3.28. The van der Waals surface area contributed by atoms with Gasteiger partial charge in [0.05, 0.1) is 16.0 Å². The van der Waals surface area contributed by atoms with Crippen molar-refractivity contribution < 1.29 is 21.6 Å². The van der Waals surface area contributed by atoms with Crippen molar-refractivity contribution in [3.05, 3.63) is 82.9 Å². The van der Waals surface area contributed by atoms with Gasteiger partial charge in [0.1, 0.15) is 5.82 Å². The van der Waals surface area contributed by atoms with Crippen molar-refractivity contribution in [2.24, 2.45) is 0 Å². The molecule has 3 aromatic carbocycles. The van der Waals surface area contributed by atoms with E-state index in [2.05, 4.69) is 20.6 Å². The van der Waals surface area contributed by atoms with Crippen LogP contribution in [-0.2, 0) is 22.4 Å². The zero-order chi connectivity index (χ0) is 25.7. The Labute approximate surface area is 208 Å². The summed E-state index contributed by atoms with van der Waals surface area (Å²) in [6, 6.07) is 15.7. The van der Waals surface area contributed by atoms with Gasteiger partial charge in [0.2, 0.25) is 14.9 Å². The van der Waals surface area contributed by atoms with Crippen molar-refractivity contribution in [3.8, 4) is 0 Å². The molecule has 0 amide bonds. The van der Waals surface area contributed by atoms with Crippen molar-refractivity contribution in [1.82, 2.24) is 19.8 Å². The number of nitrogens with zero attached hydrogens (tertiary/aromatic N) is 4. The third kappa shape index (κ3) is 4.24. The Bertz CT molecular complexity index is 1720. The standard InChI is InChI=1S/C24H17ClF3N5O2S/c1-2-14-6-9-18(10-7-14)36(34,35)23-22-30-21(29-17-5-3-4-15(12-17)24(26,27)28)19-13-16(25)8-11-20(19)33(22)32-31-23/h3-13H,2H2,1H3,(H,29,30). The second-order valence-electron chi connectivity index (χ2n) is 7.96. The predicted octanol–water partition coefficient (Wildman–Crippen LogP) is 6.09. The van der Waals surface area contributed by atoms with E-state index >= 15 is 0 Å². The largest absolute Gasteiger partial charge is 0.416 e. The van der Waals surface area contributed by atoms with Crippen LogP contribution >= 0.6 is 11.6 Å². The summed E-state index contributed by atoms with van der Waals surface area (Å²) in [5.41, 5.74) is 0.555. The molecule has 0 saturated carbocycles. The van der Waals surface area contributed by atoms with Gasteiger partial charge >= 0.3 is 6.18 Å². The number of hydrogen-bond donors (Lipinski definition) is 1. The Morgan fingerprint density at radius 2 is 1.78 bits per heavy atom. The van der Waals surface area contributed by atoms with Gasteiger partial charge in [0.25, 0.3) is 0 Å². The topological polar surface area (TPSA) is 89.2 Å². The molecule has 12 heteroatoms. The van der Waals surface area contributed by atoms with Crippen LogP contribution < -0.4 is 5.32 Å². The van der Waals surface area contributed by atoms with Gasteiger partial charge in [-0.3, -0.25) is 0 Å². The molecule has 0 unspecified atom stereocenters. The second kappa shape index (κ2) is 8.75. The first-order valence-electron chi connectivity index (χ1n) is 10.7.